The number of rotatable bonds is 8. The molecule has 0 atom stereocenters. The summed E-state index contributed by atoms with van der Waals surface area (Å²) in [7, 11) is -20.8. The molecule has 0 saturated carbocycles. The summed E-state index contributed by atoms with van der Waals surface area (Å²) in [4.78, 5) is 11.0. The number of hydrogen-bond acceptors (Lipinski definition) is 10. The summed E-state index contributed by atoms with van der Waals surface area (Å²) in [6.45, 7) is 0. The van der Waals surface area contributed by atoms with Gasteiger partial charge in [-0.3, -0.25) is 18.2 Å². The molecule has 0 unspecified atom stereocenters. The second-order valence-electron chi connectivity index (χ2n) is 15.3. The van der Waals surface area contributed by atoms with Crippen molar-refractivity contribution < 1.29 is 69.4 Å². The minimum absolute atomic E-state index is 0.272. The normalized spacial score (nSPS) is 13.1. The van der Waals surface area contributed by atoms with Crippen LogP contribution in [-0.2, 0) is 40.5 Å². The molecule has 0 spiro atoms. The smallest absolute Gasteiger partial charge is 0.296 e. The largest absolute Gasteiger partial charge is 0.354 e. The summed E-state index contributed by atoms with van der Waals surface area (Å²) in [6, 6.07) is 9.91. The van der Waals surface area contributed by atoms with E-state index in [1.165, 1.54) is 24.3 Å². The van der Waals surface area contributed by atoms with Crippen LogP contribution in [0.25, 0.3) is 90.9 Å². The standard InChI is InChI=1S/C44H22Cl4F4N4O12S4/c45-41-29(69(57,58)59)13-1-17(49)33(41)37-21-5-7-23(53-21)38(34-18(50)2-14-30(42(34)46)70(60,61)62)25-9-11-27(55-25)40(36-20(52)4-16-32(44(36)48)72(66,67)68)28-12-10-26(56-28)39(24-8-6-22(37)54-24)35-19(51)3-15-31(43(35)47)71(63,64)65/h1-16,53,56H,(H,57,58,59)(H,60,61,62)(H,63,64,65)(H,66,67,68). The molecular weight excluding hydrogens is 1120 g/mol. The minimum Gasteiger partial charge on any atom is -0.354 e. The topological polar surface area (TPSA) is 275 Å². The van der Waals surface area contributed by atoms with Gasteiger partial charge in [-0.15, -0.1) is 0 Å². The third-order valence-electron chi connectivity index (χ3n) is 11.1. The highest BCUT2D eigenvalue weighted by Gasteiger charge is 2.31. The lowest BCUT2D eigenvalue weighted by atomic mass is 10.0. The van der Waals surface area contributed by atoms with Gasteiger partial charge in [0.05, 0.1) is 42.9 Å². The number of benzene rings is 4. The van der Waals surface area contributed by atoms with Crippen molar-refractivity contribution in [3.05, 3.63) is 139 Å². The van der Waals surface area contributed by atoms with Crippen LogP contribution in [0.5, 0.6) is 0 Å². The molecule has 7 aromatic rings. The lowest BCUT2D eigenvalue weighted by Gasteiger charge is -2.13. The molecule has 0 aliphatic carbocycles. The molecule has 3 aromatic heterocycles. The fourth-order valence-corrected chi connectivity index (χ4v) is 12.5. The molecule has 9 rings (SSSR count). The Balaban J connectivity index is 1.59. The first kappa shape index (κ1) is 50.9. The third kappa shape index (κ3) is 8.79. The molecule has 16 nitrogen and oxygen atoms in total. The number of nitrogens with one attached hydrogen (secondary N) is 2. The Hall–Kier alpha value is -6.00. The van der Waals surface area contributed by atoms with E-state index in [-0.39, 0.29) is 44.8 Å². The molecule has 28 heteroatoms. The van der Waals surface area contributed by atoms with Crippen LogP contribution >= 0.6 is 46.4 Å². The summed E-state index contributed by atoms with van der Waals surface area (Å²) >= 11 is 26.3. The predicted octanol–water partition coefficient (Wildman–Crippen LogP) is 11.5. The lowest BCUT2D eigenvalue weighted by Crippen LogP contribution is -2.03. The zero-order chi connectivity index (χ0) is 52.3. The van der Waals surface area contributed by atoms with E-state index < -0.39 is 148 Å². The van der Waals surface area contributed by atoms with Crippen LogP contribution in [0.1, 0.15) is 22.8 Å². The van der Waals surface area contributed by atoms with Gasteiger partial charge in [-0.25, -0.2) is 27.5 Å². The first-order valence-corrected chi connectivity index (χ1v) is 26.8. The zero-order valence-corrected chi connectivity index (χ0v) is 41.1. The highest BCUT2D eigenvalue weighted by molar-refractivity contribution is 7.86. The second kappa shape index (κ2) is 17.9. The van der Waals surface area contributed by atoms with E-state index in [2.05, 4.69) is 19.9 Å². The van der Waals surface area contributed by atoms with Crippen molar-refractivity contribution in [2.75, 3.05) is 0 Å². The monoisotopic (exact) mass is 1140 g/mol. The Bertz CT molecular complexity index is 3800. The lowest BCUT2D eigenvalue weighted by molar-refractivity contribution is 0.480. The van der Waals surface area contributed by atoms with Gasteiger partial charge in [0, 0.05) is 66.6 Å². The van der Waals surface area contributed by atoms with Gasteiger partial charge in [0.2, 0.25) is 0 Å². The Labute approximate surface area is 422 Å². The maximum absolute atomic E-state index is 16.4. The summed E-state index contributed by atoms with van der Waals surface area (Å²) in [5, 5.41) is -3.65. The van der Waals surface area contributed by atoms with E-state index in [1.54, 1.807) is 0 Å². The number of nitrogens with zero attached hydrogens (tertiary/aromatic N) is 2. The number of fused-ring (bicyclic) bond motifs is 8. The molecule has 72 heavy (non-hydrogen) atoms. The Morgan fingerprint density at radius 1 is 0.333 bits per heavy atom. The first-order valence-electron chi connectivity index (χ1n) is 19.6. The average Bonchev–Trinajstić information content (AvgIpc) is 4.11. The molecule has 8 bridgehead atoms. The van der Waals surface area contributed by atoms with Gasteiger partial charge < -0.3 is 9.97 Å². The average molecular weight is 1140 g/mol. The molecule has 4 aromatic carbocycles. The summed E-state index contributed by atoms with van der Waals surface area (Å²) in [5.74, 6) is -4.95. The molecule has 6 N–H and O–H groups in total. The molecule has 0 saturated heterocycles. The number of aromatic amines is 2. The predicted molar refractivity (Wildman–Crippen MR) is 260 cm³/mol. The quantitative estimate of drug-likeness (QED) is 0.0610. The molecule has 0 radical (unpaired) electrons. The van der Waals surface area contributed by atoms with E-state index in [9.17, 15) is 51.9 Å². The molecule has 0 fully saturated rings. The van der Waals surface area contributed by atoms with E-state index in [0.717, 1.165) is 24.3 Å². The van der Waals surface area contributed by atoms with Crippen molar-refractivity contribution in [3.63, 3.8) is 0 Å². The Kier molecular flexibility index (Phi) is 12.7. The fourth-order valence-electron chi connectivity index (χ4n) is 8.10. The summed E-state index contributed by atoms with van der Waals surface area (Å²) < 4.78 is 207. The molecule has 5 heterocycles. The van der Waals surface area contributed by atoms with Crippen LogP contribution in [0.3, 0.4) is 0 Å². The van der Waals surface area contributed by atoms with Crippen LogP contribution in [0.2, 0.25) is 20.1 Å². The van der Waals surface area contributed by atoms with Gasteiger partial charge >= 0.3 is 0 Å². The van der Waals surface area contributed by atoms with Crippen LogP contribution in [-0.4, -0.2) is 71.8 Å². The van der Waals surface area contributed by atoms with Crippen LogP contribution in [0.4, 0.5) is 17.6 Å². The zero-order valence-electron chi connectivity index (χ0n) is 34.8. The SMILES string of the molecule is O=S(=O)(O)c1ccc(F)c(-c2c3nc(c(-c4c(F)ccc(S(=O)(=O)O)c4Cl)c4ccc([nH]4)c(-c4c(F)ccc(S(=O)(=O)O)c4Cl)c4nc(c(-c5c(F)ccc(S(=O)(=O)O)c5Cl)c5ccc2[nH]5)C=C4)C=C3)c1Cl. The van der Waals surface area contributed by atoms with Gasteiger partial charge in [-0.2, -0.15) is 33.7 Å². The van der Waals surface area contributed by atoms with Crippen LogP contribution in [0, 0.1) is 23.3 Å². The van der Waals surface area contributed by atoms with Crippen molar-refractivity contribution in [3.8, 4) is 44.5 Å². The second-order valence-corrected chi connectivity index (χ2v) is 22.4. The number of aromatic nitrogens is 4. The fraction of sp³-hybridized carbons (Fsp3) is 0. The third-order valence-corrected chi connectivity index (χ3v) is 16.7. The molecule has 2 aliphatic heterocycles. The van der Waals surface area contributed by atoms with Gasteiger partial charge in [0.25, 0.3) is 40.5 Å². The summed E-state index contributed by atoms with van der Waals surface area (Å²) in [5.41, 5.74) is -7.32. The Morgan fingerprint density at radius 2 is 0.528 bits per heavy atom. The maximum Gasteiger partial charge on any atom is 0.296 e. The van der Waals surface area contributed by atoms with Crippen molar-refractivity contribution in [1.29, 1.82) is 0 Å². The van der Waals surface area contributed by atoms with Crippen LogP contribution in [0.15, 0.2) is 92.4 Å². The van der Waals surface area contributed by atoms with Crippen molar-refractivity contribution in [2.24, 2.45) is 0 Å². The van der Waals surface area contributed by atoms with Gasteiger partial charge in [0.15, 0.2) is 0 Å². The van der Waals surface area contributed by atoms with Gasteiger partial charge in [-0.1, -0.05) is 46.4 Å². The van der Waals surface area contributed by atoms with E-state index >= 15 is 17.6 Å². The first-order chi connectivity index (χ1) is 33.6. The van der Waals surface area contributed by atoms with Crippen molar-refractivity contribution in [2.45, 2.75) is 19.6 Å². The molecule has 0 amide bonds. The van der Waals surface area contributed by atoms with E-state index in [1.807, 2.05) is 0 Å². The van der Waals surface area contributed by atoms with Crippen LogP contribution < -0.4 is 0 Å². The molecular formula is C44H22Cl4F4N4O12S4. The van der Waals surface area contributed by atoms with Gasteiger partial charge in [-0.05, 0) is 97.1 Å². The maximum atomic E-state index is 16.4. The van der Waals surface area contributed by atoms with E-state index in [0.29, 0.717) is 48.5 Å². The molecule has 370 valence electrons. The number of hydrogen-bond donors (Lipinski definition) is 6. The highest BCUT2D eigenvalue weighted by atomic mass is 35.5. The summed E-state index contributed by atoms with van der Waals surface area (Å²) in [6.07, 6.45) is 4.65. The highest BCUT2D eigenvalue weighted by Crippen LogP contribution is 2.47. The number of H-pyrrole nitrogens is 2. The number of halogens is 8. The van der Waals surface area contributed by atoms with E-state index in [4.69, 9.17) is 46.4 Å². The minimum atomic E-state index is -5.20. The van der Waals surface area contributed by atoms with Crippen molar-refractivity contribution in [1.82, 2.24) is 19.9 Å². The van der Waals surface area contributed by atoms with Crippen molar-refractivity contribution >= 4 is 133 Å². The van der Waals surface area contributed by atoms with Gasteiger partial charge in [0.1, 0.15) is 42.9 Å². The molecule has 2 aliphatic rings. The Morgan fingerprint density at radius 3 is 0.708 bits per heavy atom.